The third kappa shape index (κ3) is 4.52. The summed E-state index contributed by atoms with van der Waals surface area (Å²) in [4.78, 5) is 2.38. The van der Waals surface area contributed by atoms with E-state index in [1.807, 2.05) is 6.92 Å². The van der Waals surface area contributed by atoms with Crippen LogP contribution in [0, 0.1) is 11.3 Å². The molecule has 0 aliphatic carbocycles. The number of likely N-dealkylation sites (tertiary alicyclic amines) is 1. The Balaban J connectivity index is 2.26. The molecule has 1 fully saturated rings. The van der Waals surface area contributed by atoms with Crippen LogP contribution in [-0.2, 0) is 0 Å². The van der Waals surface area contributed by atoms with Crippen molar-refractivity contribution >= 4 is 5.84 Å². The van der Waals surface area contributed by atoms with Crippen molar-refractivity contribution in [2.75, 3.05) is 33.2 Å². The molecule has 1 unspecified atom stereocenters. The van der Waals surface area contributed by atoms with Crippen LogP contribution in [0.2, 0.25) is 0 Å². The van der Waals surface area contributed by atoms with E-state index in [1.165, 1.54) is 25.9 Å². The zero-order valence-electron chi connectivity index (χ0n) is 11.2. The SMILES string of the molecule is CC(CNCC1(C)CCN(C)CC1)C(N)=NO. The van der Waals surface area contributed by atoms with Crippen LogP contribution in [0.3, 0.4) is 0 Å². The molecule has 1 aliphatic rings. The molecule has 0 radical (unpaired) electrons. The van der Waals surface area contributed by atoms with Crippen molar-refractivity contribution in [1.82, 2.24) is 10.2 Å². The molecule has 5 nitrogen and oxygen atoms in total. The summed E-state index contributed by atoms with van der Waals surface area (Å²) >= 11 is 0. The molecule has 1 heterocycles. The molecule has 4 N–H and O–H groups in total. The van der Waals surface area contributed by atoms with E-state index >= 15 is 0 Å². The first-order valence-corrected chi connectivity index (χ1v) is 6.33. The number of hydrogen-bond acceptors (Lipinski definition) is 4. The number of rotatable bonds is 5. The minimum atomic E-state index is 0.0786. The van der Waals surface area contributed by atoms with E-state index in [4.69, 9.17) is 10.9 Å². The fourth-order valence-electron chi connectivity index (χ4n) is 2.13. The highest BCUT2D eigenvalue weighted by Gasteiger charge is 2.28. The van der Waals surface area contributed by atoms with Gasteiger partial charge in [-0.15, -0.1) is 0 Å². The number of nitrogens with two attached hydrogens (primary N) is 1. The molecule has 0 amide bonds. The van der Waals surface area contributed by atoms with Gasteiger partial charge < -0.3 is 21.2 Å². The highest BCUT2D eigenvalue weighted by molar-refractivity contribution is 5.82. The summed E-state index contributed by atoms with van der Waals surface area (Å²) < 4.78 is 0. The third-order valence-electron chi connectivity index (χ3n) is 3.82. The Bertz CT molecular complexity index is 259. The van der Waals surface area contributed by atoms with Gasteiger partial charge in [0.15, 0.2) is 0 Å². The van der Waals surface area contributed by atoms with Gasteiger partial charge in [-0.3, -0.25) is 0 Å². The molecule has 0 aromatic rings. The van der Waals surface area contributed by atoms with Crippen molar-refractivity contribution in [1.29, 1.82) is 0 Å². The summed E-state index contributed by atoms with van der Waals surface area (Å²) in [5, 5.41) is 15.0. The number of amidine groups is 1. The van der Waals surface area contributed by atoms with Crippen molar-refractivity contribution in [2.24, 2.45) is 22.2 Å². The van der Waals surface area contributed by atoms with Gasteiger partial charge in [-0.1, -0.05) is 19.0 Å². The molecule has 0 spiro atoms. The number of piperidine rings is 1. The lowest BCUT2D eigenvalue weighted by Gasteiger charge is -2.38. The normalized spacial score (nSPS) is 23.6. The van der Waals surface area contributed by atoms with Crippen LogP contribution in [-0.4, -0.2) is 49.2 Å². The Morgan fingerprint density at radius 1 is 1.53 bits per heavy atom. The molecule has 5 heteroatoms. The smallest absolute Gasteiger partial charge is 0.143 e. The minimum absolute atomic E-state index is 0.0786. The van der Waals surface area contributed by atoms with Gasteiger partial charge in [-0.05, 0) is 38.4 Å². The fourth-order valence-corrected chi connectivity index (χ4v) is 2.13. The van der Waals surface area contributed by atoms with Crippen LogP contribution < -0.4 is 11.1 Å². The Labute approximate surface area is 104 Å². The Kier molecular flexibility index (Phi) is 5.21. The van der Waals surface area contributed by atoms with Gasteiger partial charge in [-0.2, -0.15) is 0 Å². The number of hydrogen-bond donors (Lipinski definition) is 3. The first-order valence-electron chi connectivity index (χ1n) is 6.33. The summed E-state index contributed by atoms with van der Waals surface area (Å²) in [5.74, 6) is 0.376. The fraction of sp³-hybridized carbons (Fsp3) is 0.917. The number of nitrogens with one attached hydrogen (secondary N) is 1. The maximum atomic E-state index is 8.56. The summed E-state index contributed by atoms with van der Waals surface area (Å²) in [6.07, 6.45) is 2.46. The van der Waals surface area contributed by atoms with Gasteiger partial charge in [0, 0.05) is 19.0 Å². The van der Waals surface area contributed by atoms with Gasteiger partial charge >= 0.3 is 0 Å². The molecular formula is C12H26N4O. The average molecular weight is 242 g/mol. The molecule has 0 saturated carbocycles. The maximum Gasteiger partial charge on any atom is 0.143 e. The van der Waals surface area contributed by atoms with Crippen molar-refractivity contribution in [2.45, 2.75) is 26.7 Å². The molecule has 1 atom stereocenters. The summed E-state index contributed by atoms with van der Waals surface area (Å²) in [6, 6.07) is 0. The van der Waals surface area contributed by atoms with Crippen molar-refractivity contribution in [3.05, 3.63) is 0 Å². The lowest BCUT2D eigenvalue weighted by Crippen LogP contribution is -2.43. The summed E-state index contributed by atoms with van der Waals surface area (Å²) in [7, 11) is 2.17. The average Bonchev–Trinajstić information content (AvgIpc) is 2.32. The lowest BCUT2D eigenvalue weighted by atomic mass is 9.80. The molecule has 0 aromatic heterocycles. The van der Waals surface area contributed by atoms with E-state index in [9.17, 15) is 0 Å². The van der Waals surface area contributed by atoms with Gasteiger partial charge in [-0.25, -0.2) is 0 Å². The van der Waals surface area contributed by atoms with Crippen LogP contribution in [0.25, 0.3) is 0 Å². The molecule has 1 aliphatic heterocycles. The summed E-state index contributed by atoms with van der Waals surface area (Å²) in [6.45, 7) is 8.41. The first kappa shape index (κ1) is 14.3. The Morgan fingerprint density at radius 3 is 2.65 bits per heavy atom. The summed E-state index contributed by atoms with van der Waals surface area (Å²) in [5.41, 5.74) is 5.93. The second kappa shape index (κ2) is 6.21. The topological polar surface area (TPSA) is 73.9 Å². The van der Waals surface area contributed by atoms with Crippen molar-refractivity contribution < 1.29 is 5.21 Å². The molecule has 1 saturated heterocycles. The van der Waals surface area contributed by atoms with E-state index in [0.717, 1.165) is 13.1 Å². The maximum absolute atomic E-state index is 8.56. The van der Waals surface area contributed by atoms with Crippen LogP contribution in [0.4, 0.5) is 0 Å². The van der Waals surface area contributed by atoms with Crippen LogP contribution in [0.15, 0.2) is 5.16 Å². The van der Waals surface area contributed by atoms with Gasteiger partial charge in [0.2, 0.25) is 0 Å². The minimum Gasteiger partial charge on any atom is -0.409 e. The molecule has 1 rings (SSSR count). The van der Waals surface area contributed by atoms with Gasteiger partial charge in [0.05, 0.1) is 0 Å². The standard InChI is InChI=1S/C12H26N4O/c1-10(11(13)15-17)8-14-9-12(2)4-6-16(3)7-5-12/h10,14,17H,4-9H2,1-3H3,(H2,13,15). The van der Waals surface area contributed by atoms with Crippen molar-refractivity contribution in [3.63, 3.8) is 0 Å². The highest BCUT2D eigenvalue weighted by Crippen LogP contribution is 2.29. The van der Waals surface area contributed by atoms with E-state index in [1.54, 1.807) is 0 Å². The lowest BCUT2D eigenvalue weighted by molar-refractivity contribution is 0.136. The van der Waals surface area contributed by atoms with Crippen LogP contribution in [0.5, 0.6) is 0 Å². The molecular weight excluding hydrogens is 216 g/mol. The van der Waals surface area contributed by atoms with Gasteiger partial charge in [0.1, 0.15) is 5.84 Å². The van der Waals surface area contributed by atoms with Crippen molar-refractivity contribution in [3.8, 4) is 0 Å². The van der Waals surface area contributed by atoms with Crippen LogP contribution >= 0.6 is 0 Å². The second-order valence-electron chi connectivity index (χ2n) is 5.67. The molecule has 0 bridgehead atoms. The first-order chi connectivity index (χ1) is 7.97. The zero-order valence-corrected chi connectivity index (χ0v) is 11.2. The van der Waals surface area contributed by atoms with E-state index in [2.05, 4.69) is 29.3 Å². The van der Waals surface area contributed by atoms with E-state index in [0.29, 0.717) is 11.3 Å². The quantitative estimate of drug-likeness (QED) is 0.287. The third-order valence-corrected chi connectivity index (χ3v) is 3.82. The second-order valence-corrected chi connectivity index (χ2v) is 5.67. The highest BCUT2D eigenvalue weighted by atomic mass is 16.4. The van der Waals surface area contributed by atoms with Gasteiger partial charge in [0.25, 0.3) is 0 Å². The van der Waals surface area contributed by atoms with E-state index < -0.39 is 0 Å². The predicted molar refractivity (Wildman–Crippen MR) is 70.3 cm³/mol. The Hall–Kier alpha value is -0.810. The Morgan fingerprint density at radius 2 is 2.12 bits per heavy atom. The predicted octanol–water partition coefficient (Wildman–Crippen LogP) is 0.690. The molecule has 0 aromatic carbocycles. The van der Waals surface area contributed by atoms with Crippen LogP contribution in [0.1, 0.15) is 26.7 Å². The van der Waals surface area contributed by atoms with E-state index in [-0.39, 0.29) is 5.92 Å². The molecule has 100 valence electrons. The monoisotopic (exact) mass is 242 g/mol. The molecule has 17 heavy (non-hydrogen) atoms. The number of nitrogens with zero attached hydrogens (tertiary/aromatic N) is 2. The zero-order chi connectivity index (χ0) is 12.9. The number of oxime groups is 1. The largest absolute Gasteiger partial charge is 0.409 e.